The van der Waals surface area contributed by atoms with E-state index in [1.54, 1.807) is 10.9 Å². The number of carbonyl (C=O) groups excluding carboxylic acids is 1. The third-order valence-corrected chi connectivity index (χ3v) is 7.39. The van der Waals surface area contributed by atoms with Crippen LogP contribution in [0.2, 0.25) is 0 Å². The Labute approximate surface area is 196 Å². The normalized spacial score (nSPS) is 16.7. The van der Waals surface area contributed by atoms with Crippen molar-refractivity contribution in [2.24, 2.45) is 0 Å². The average Bonchev–Trinajstić information content (AvgIpc) is 3.24. The molecular formula is C24H28N4O4S. The first-order valence-corrected chi connectivity index (χ1v) is 12.3. The van der Waals surface area contributed by atoms with Crippen LogP contribution in [0.15, 0.2) is 41.5 Å². The molecule has 3 aromatic rings. The van der Waals surface area contributed by atoms with Crippen LogP contribution in [0.3, 0.4) is 0 Å². The van der Waals surface area contributed by atoms with Gasteiger partial charge in [0.05, 0.1) is 31.5 Å². The Morgan fingerprint density at radius 2 is 1.94 bits per heavy atom. The van der Waals surface area contributed by atoms with Crippen LogP contribution in [0.25, 0.3) is 10.2 Å². The fraction of sp³-hybridized carbons (Fsp3) is 0.458. The Hall–Kier alpha value is -2.75. The van der Waals surface area contributed by atoms with Crippen molar-refractivity contribution in [3.05, 3.63) is 57.5 Å². The second-order valence-electron chi connectivity index (χ2n) is 8.40. The van der Waals surface area contributed by atoms with Crippen molar-refractivity contribution in [3.8, 4) is 5.75 Å². The van der Waals surface area contributed by atoms with Crippen LogP contribution < -0.4 is 10.3 Å². The van der Waals surface area contributed by atoms with Crippen molar-refractivity contribution in [1.82, 2.24) is 19.4 Å². The molecule has 0 N–H and O–H groups in total. The molecule has 1 fully saturated rings. The molecule has 33 heavy (non-hydrogen) atoms. The number of morpholine rings is 1. The minimum Gasteiger partial charge on any atom is -0.484 e. The topological polar surface area (TPSA) is 76.9 Å². The molecule has 0 spiro atoms. The Morgan fingerprint density at radius 1 is 1.12 bits per heavy atom. The quantitative estimate of drug-likeness (QED) is 0.529. The molecule has 0 saturated carbocycles. The van der Waals surface area contributed by atoms with Crippen molar-refractivity contribution < 1.29 is 14.3 Å². The summed E-state index contributed by atoms with van der Waals surface area (Å²) in [4.78, 5) is 36.5. The molecule has 2 aliphatic heterocycles. The number of aryl methyl sites for hydroxylation is 1. The zero-order chi connectivity index (χ0) is 22.6. The van der Waals surface area contributed by atoms with Crippen molar-refractivity contribution in [2.45, 2.75) is 25.9 Å². The van der Waals surface area contributed by atoms with Gasteiger partial charge in [-0.05, 0) is 30.5 Å². The molecule has 4 heterocycles. The van der Waals surface area contributed by atoms with Gasteiger partial charge in [0.2, 0.25) is 0 Å². The van der Waals surface area contributed by atoms with Crippen molar-refractivity contribution in [1.29, 1.82) is 0 Å². The van der Waals surface area contributed by atoms with Gasteiger partial charge in [-0.3, -0.25) is 19.1 Å². The summed E-state index contributed by atoms with van der Waals surface area (Å²) in [5, 5.41) is 0.733. The van der Waals surface area contributed by atoms with Crippen molar-refractivity contribution >= 4 is 27.5 Å². The second kappa shape index (κ2) is 10.0. The van der Waals surface area contributed by atoms with Gasteiger partial charge in [0, 0.05) is 37.6 Å². The van der Waals surface area contributed by atoms with Crippen molar-refractivity contribution in [2.75, 3.05) is 46.0 Å². The fourth-order valence-electron chi connectivity index (χ4n) is 4.43. The number of amides is 1. The lowest BCUT2D eigenvalue weighted by Gasteiger charge is -2.27. The van der Waals surface area contributed by atoms with E-state index < -0.39 is 0 Å². The van der Waals surface area contributed by atoms with Gasteiger partial charge >= 0.3 is 0 Å². The van der Waals surface area contributed by atoms with E-state index >= 15 is 0 Å². The predicted molar refractivity (Wildman–Crippen MR) is 127 cm³/mol. The molecule has 0 aliphatic carbocycles. The lowest BCUT2D eigenvalue weighted by molar-refractivity contribution is -0.134. The zero-order valence-corrected chi connectivity index (χ0v) is 19.4. The van der Waals surface area contributed by atoms with E-state index in [4.69, 9.17) is 9.47 Å². The molecule has 2 aliphatic rings. The summed E-state index contributed by atoms with van der Waals surface area (Å²) >= 11 is 1.52. The van der Waals surface area contributed by atoms with Gasteiger partial charge in [-0.1, -0.05) is 18.2 Å². The van der Waals surface area contributed by atoms with Gasteiger partial charge in [-0.25, -0.2) is 4.98 Å². The maximum absolute atomic E-state index is 13.2. The van der Waals surface area contributed by atoms with Gasteiger partial charge in [0.15, 0.2) is 6.61 Å². The largest absolute Gasteiger partial charge is 0.484 e. The summed E-state index contributed by atoms with van der Waals surface area (Å²) in [5.74, 6) is 0.638. The van der Waals surface area contributed by atoms with Gasteiger partial charge in [0.1, 0.15) is 10.6 Å². The number of hydrogen-bond acceptors (Lipinski definition) is 7. The molecule has 8 nitrogen and oxygen atoms in total. The highest BCUT2D eigenvalue weighted by molar-refractivity contribution is 7.18. The van der Waals surface area contributed by atoms with Crippen LogP contribution in [0, 0.1) is 0 Å². The number of fused-ring (bicyclic) bond motifs is 3. The summed E-state index contributed by atoms with van der Waals surface area (Å²) in [6.07, 6.45) is 3.24. The highest BCUT2D eigenvalue weighted by Gasteiger charge is 2.26. The van der Waals surface area contributed by atoms with Crippen LogP contribution in [-0.4, -0.2) is 71.3 Å². The van der Waals surface area contributed by atoms with E-state index in [1.807, 2.05) is 35.2 Å². The first-order valence-electron chi connectivity index (χ1n) is 11.4. The number of aromatic nitrogens is 2. The Bertz CT molecular complexity index is 1170. The highest BCUT2D eigenvalue weighted by atomic mass is 32.1. The second-order valence-corrected chi connectivity index (χ2v) is 9.49. The molecule has 5 rings (SSSR count). The van der Waals surface area contributed by atoms with Crippen LogP contribution in [-0.2, 0) is 29.0 Å². The average molecular weight is 469 g/mol. The highest BCUT2D eigenvalue weighted by Crippen LogP contribution is 2.32. The van der Waals surface area contributed by atoms with Crippen LogP contribution >= 0.6 is 11.3 Å². The Morgan fingerprint density at radius 3 is 2.76 bits per heavy atom. The standard InChI is InChI=1S/C24H28N4O4S/c29-21(16-32-18-5-2-1-3-6-18)27-10-7-19-20(15-27)33-23-22(19)24(30)28(17-25-23)9-4-8-26-11-13-31-14-12-26/h1-3,5-6,17H,4,7-16H2. The maximum Gasteiger partial charge on any atom is 0.262 e. The number of rotatable bonds is 7. The number of carbonyl (C=O) groups is 1. The van der Waals surface area contributed by atoms with Crippen LogP contribution in [0.1, 0.15) is 16.9 Å². The summed E-state index contributed by atoms with van der Waals surface area (Å²) in [6.45, 7) is 6.19. The first kappa shape index (κ1) is 22.1. The van der Waals surface area contributed by atoms with Gasteiger partial charge in [0.25, 0.3) is 11.5 Å². The first-order chi connectivity index (χ1) is 16.2. The molecule has 2 aromatic heterocycles. The van der Waals surface area contributed by atoms with E-state index in [-0.39, 0.29) is 18.1 Å². The maximum atomic E-state index is 13.2. The smallest absolute Gasteiger partial charge is 0.262 e. The number of ether oxygens (including phenoxy) is 2. The Kier molecular flexibility index (Phi) is 6.70. The number of hydrogen-bond donors (Lipinski definition) is 0. The minimum atomic E-state index is -0.0459. The van der Waals surface area contributed by atoms with E-state index in [0.717, 1.165) is 59.9 Å². The predicted octanol–water partition coefficient (Wildman–Crippen LogP) is 2.14. The van der Waals surface area contributed by atoms with Gasteiger partial charge in [-0.2, -0.15) is 0 Å². The molecule has 174 valence electrons. The lowest BCUT2D eigenvalue weighted by Crippen LogP contribution is -2.38. The molecule has 0 unspecified atom stereocenters. The molecule has 1 aromatic carbocycles. The summed E-state index contributed by atoms with van der Waals surface area (Å²) in [6, 6.07) is 9.35. The summed E-state index contributed by atoms with van der Waals surface area (Å²) in [5.41, 5.74) is 1.09. The van der Waals surface area contributed by atoms with Gasteiger partial charge < -0.3 is 14.4 Å². The molecule has 9 heteroatoms. The number of nitrogens with zero attached hydrogens (tertiary/aromatic N) is 4. The molecule has 0 atom stereocenters. The minimum absolute atomic E-state index is 0.0123. The van der Waals surface area contributed by atoms with Crippen molar-refractivity contribution in [3.63, 3.8) is 0 Å². The number of benzene rings is 1. The zero-order valence-electron chi connectivity index (χ0n) is 18.6. The van der Waals surface area contributed by atoms with E-state index in [9.17, 15) is 9.59 Å². The monoisotopic (exact) mass is 468 g/mol. The molecular weight excluding hydrogens is 440 g/mol. The van der Waals surface area contributed by atoms with E-state index in [1.165, 1.54) is 11.3 Å². The van der Waals surface area contributed by atoms with E-state index in [0.29, 0.717) is 31.8 Å². The molecule has 0 radical (unpaired) electrons. The van der Waals surface area contributed by atoms with E-state index in [2.05, 4.69) is 9.88 Å². The summed E-state index contributed by atoms with van der Waals surface area (Å²) in [7, 11) is 0. The fourth-order valence-corrected chi connectivity index (χ4v) is 5.63. The number of thiophene rings is 1. The number of para-hydroxylation sites is 1. The Balaban J connectivity index is 1.24. The summed E-state index contributed by atoms with van der Waals surface area (Å²) < 4.78 is 12.8. The SMILES string of the molecule is O=C(COc1ccccc1)N1CCc2c(sc3ncn(CCCN4CCOCC4)c(=O)c23)C1. The third kappa shape index (κ3) is 4.95. The molecule has 1 amide bonds. The van der Waals surface area contributed by atoms with Gasteiger partial charge in [-0.15, -0.1) is 11.3 Å². The molecule has 0 bridgehead atoms. The lowest BCUT2D eigenvalue weighted by atomic mass is 10.1. The third-order valence-electron chi connectivity index (χ3n) is 6.26. The van der Waals surface area contributed by atoms with Crippen LogP contribution in [0.5, 0.6) is 5.75 Å². The van der Waals surface area contributed by atoms with Crippen LogP contribution in [0.4, 0.5) is 0 Å². The molecule has 1 saturated heterocycles.